The van der Waals surface area contributed by atoms with Gasteiger partial charge in [0.25, 0.3) is 0 Å². The summed E-state index contributed by atoms with van der Waals surface area (Å²) in [6.07, 6.45) is 0. The van der Waals surface area contributed by atoms with Crippen LogP contribution in [0.4, 0.5) is 4.39 Å². The molecule has 0 N–H and O–H groups in total. The molecule has 0 aliphatic carbocycles. The zero-order chi connectivity index (χ0) is 19.0. The van der Waals surface area contributed by atoms with Crippen LogP contribution in [0, 0.1) is 5.82 Å². The smallest absolute Gasteiger partial charge is 0.246 e. The maximum absolute atomic E-state index is 13.2. The van der Waals surface area contributed by atoms with Crippen molar-refractivity contribution < 1.29 is 13.9 Å². The van der Waals surface area contributed by atoms with Crippen LogP contribution < -0.4 is 4.74 Å². The van der Waals surface area contributed by atoms with E-state index in [0.29, 0.717) is 18.9 Å². The molecule has 1 amide bonds. The van der Waals surface area contributed by atoms with Gasteiger partial charge in [-0.25, -0.2) is 4.39 Å². The van der Waals surface area contributed by atoms with Gasteiger partial charge in [0, 0.05) is 12.1 Å². The molecule has 27 heavy (non-hydrogen) atoms. The first kappa shape index (κ1) is 17.2. The van der Waals surface area contributed by atoms with E-state index < -0.39 is 6.04 Å². The molecule has 1 aliphatic rings. The van der Waals surface area contributed by atoms with Gasteiger partial charge in [-0.05, 0) is 48.9 Å². The Bertz CT molecular complexity index is 967. The summed E-state index contributed by atoms with van der Waals surface area (Å²) in [5.41, 5.74) is 1.75. The van der Waals surface area contributed by atoms with E-state index in [1.54, 1.807) is 24.1 Å². The van der Waals surface area contributed by atoms with Gasteiger partial charge in [0.1, 0.15) is 17.6 Å². The zero-order valence-corrected chi connectivity index (χ0v) is 15.1. The molecule has 4 rings (SSSR count). The van der Waals surface area contributed by atoms with Crippen molar-refractivity contribution in [3.05, 3.63) is 65.7 Å². The van der Waals surface area contributed by atoms with Gasteiger partial charge in [-0.15, -0.1) is 10.2 Å². The predicted molar refractivity (Wildman–Crippen MR) is 97.4 cm³/mol. The Labute approximate surface area is 156 Å². The molecule has 0 radical (unpaired) electrons. The van der Waals surface area contributed by atoms with Gasteiger partial charge in [-0.2, -0.15) is 0 Å². The third-order valence-electron chi connectivity index (χ3n) is 4.79. The molecule has 0 fully saturated rings. The Morgan fingerprint density at radius 1 is 1.11 bits per heavy atom. The number of amides is 1. The van der Waals surface area contributed by atoms with Crippen LogP contribution in [0.15, 0.2) is 48.5 Å². The zero-order valence-electron chi connectivity index (χ0n) is 15.1. The number of halogens is 1. The maximum Gasteiger partial charge on any atom is 0.246 e. The predicted octanol–water partition coefficient (Wildman–Crippen LogP) is 3.20. The molecule has 0 bridgehead atoms. The fraction of sp³-hybridized carbons (Fsp3) is 0.250. The summed E-state index contributed by atoms with van der Waals surface area (Å²) in [7, 11) is 1.62. The molecule has 1 atom stereocenters. The summed E-state index contributed by atoms with van der Waals surface area (Å²) in [5.74, 6) is 1.76. The summed E-state index contributed by atoms with van der Waals surface area (Å²) in [6, 6.07) is 13.3. The number of aromatic nitrogens is 3. The Kier molecular flexibility index (Phi) is 4.35. The highest BCUT2D eigenvalue weighted by Gasteiger charge is 2.33. The fourth-order valence-electron chi connectivity index (χ4n) is 3.34. The van der Waals surface area contributed by atoms with Crippen LogP contribution in [0.3, 0.4) is 0 Å². The minimum absolute atomic E-state index is 0.00137. The lowest BCUT2D eigenvalue weighted by Crippen LogP contribution is -2.41. The number of carbonyl (C=O) groups excluding carboxylic acids is 1. The number of nitrogens with zero attached hydrogens (tertiary/aromatic N) is 4. The summed E-state index contributed by atoms with van der Waals surface area (Å²) >= 11 is 0. The topological polar surface area (TPSA) is 60.2 Å². The van der Waals surface area contributed by atoms with Crippen molar-refractivity contribution in [1.29, 1.82) is 0 Å². The van der Waals surface area contributed by atoms with E-state index in [4.69, 9.17) is 4.74 Å². The molecule has 6 nitrogen and oxygen atoms in total. The normalized spacial score (nSPS) is 16.3. The molecule has 1 aliphatic heterocycles. The second kappa shape index (κ2) is 6.83. The van der Waals surface area contributed by atoms with E-state index in [1.807, 2.05) is 35.8 Å². The first-order valence-corrected chi connectivity index (χ1v) is 8.68. The van der Waals surface area contributed by atoms with E-state index in [0.717, 1.165) is 22.7 Å². The average molecular weight is 366 g/mol. The van der Waals surface area contributed by atoms with E-state index in [1.165, 1.54) is 12.1 Å². The Morgan fingerprint density at radius 2 is 1.81 bits per heavy atom. The number of rotatable bonds is 4. The molecular weight excluding hydrogens is 347 g/mol. The van der Waals surface area contributed by atoms with Gasteiger partial charge < -0.3 is 9.64 Å². The van der Waals surface area contributed by atoms with E-state index in [2.05, 4.69) is 10.2 Å². The lowest BCUT2D eigenvalue weighted by Gasteiger charge is -2.32. The SMILES string of the molecule is COc1ccc(CN2Cc3nnc(-c4ccc(F)cc4)n3[C@@H](C)C2=O)cc1. The molecule has 2 heterocycles. The maximum atomic E-state index is 13.2. The lowest BCUT2D eigenvalue weighted by atomic mass is 10.1. The van der Waals surface area contributed by atoms with Crippen molar-refractivity contribution >= 4 is 5.91 Å². The largest absolute Gasteiger partial charge is 0.497 e. The van der Waals surface area contributed by atoms with Gasteiger partial charge in [0.15, 0.2) is 11.6 Å². The third-order valence-corrected chi connectivity index (χ3v) is 4.79. The molecule has 138 valence electrons. The van der Waals surface area contributed by atoms with Crippen LogP contribution in [0.2, 0.25) is 0 Å². The molecule has 0 spiro atoms. The number of fused-ring (bicyclic) bond motifs is 1. The second-order valence-corrected chi connectivity index (χ2v) is 6.54. The summed E-state index contributed by atoms with van der Waals surface area (Å²) in [5, 5.41) is 8.51. The number of hydrogen-bond acceptors (Lipinski definition) is 4. The Morgan fingerprint density at radius 3 is 2.48 bits per heavy atom. The Hall–Kier alpha value is -3.22. The van der Waals surface area contributed by atoms with Crippen molar-refractivity contribution in [3.63, 3.8) is 0 Å². The molecule has 0 saturated heterocycles. The average Bonchev–Trinajstić information content (AvgIpc) is 3.11. The quantitative estimate of drug-likeness (QED) is 0.711. The van der Waals surface area contributed by atoms with Crippen LogP contribution >= 0.6 is 0 Å². The highest BCUT2D eigenvalue weighted by Crippen LogP contribution is 2.29. The molecule has 7 heteroatoms. The van der Waals surface area contributed by atoms with Crippen LogP contribution in [0.25, 0.3) is 11.4 Å². The molecule has 2 aromatic carbocycles. The van der Waals surface area contributed by atoms with Crippen LogP contribution in [0.1, 0.15) is 24.4 Å². The molecular formula is C20H19FN4O2. The van der Waals surface area contributed by atoms with Crippen LogP contribution in [0.5, 0.6) is 5.75 Å². The third kappa shape index (κ3) is 3.16. The molecule has 3 aromatic rings. The highest BCUT2D eigenvalue weighted by molar-refractivity contribution is 5.82. The van der Waals surface area contributed by atoms with Gasteiger partial charge in [-0.3, -0.25) is 9.36 Å². The van der Waals surface area contributed by atoms with E-state index >= 15 is 0 Å². The lowest BCUT2D eigenvalue weighted by molar-refractivity contribution is -0.137. The van der Waals surface area contributed by atoms with Crippen molar-refractivity contribution in [1.82, 2.24) is 19.7 Å². The standard InChI is InChI=1S/C20H19FN4O2/c1-13-20(26)24(11-14-3-9-17(27-2)10-4-14)12-18-22-23-19(25(13)18)15-5-7-16(21)8-6-15/h3-10,13H,11-12H2,1-2H3/t13-/m0/s1. The first-order chi connectivity index (χ1) is 13.1. The minimum atomic E-state index is -0.429. The number of carbonyl (C=O) groups is 1. The van der Waals surface area contributed by atoms with Crippen LogP contribution in [-0.2, 0) is 17.9 Å². The van der Waals surface area contributed by atoms with Gasteiger partial charge in [-0.1, -0.05) is 12.1 Å². The number of benzene rings is 2. The van der Waals surface area contributed by atoms with Crippen molar-refractivity contribution in [2.75, 3.05) is 7.11 Å². The van der Waals surface area contributed by atoms with E-state index in [9.17, 15) is 9.18 Å². The number of methoxy groups -OCH3 is 1. The second-order valence-electron chi connectivity index (χ2n) is 6.54. The van der Waals surface area contributed by atoms with Crippen LogP contribution in [-0.4, -0.2) is 32.7 Å². The Balaban J connectivity index is 1.61. The highest BCUT2D eigenvalue weighted by atomic mass is 19.1. The van der Waals surface area contributed by atoms with Crippen molar-refractivity contribution in [3.8, 4) is 17.1 Å². The molecule has 1 aromatic heterocycles. The summed E-state index contributed by atoms with van der Waals surface area (Å²) in [4.78, 5) is 14.7. The minimum Gasteiger partial charge on any atom is -0.497 e. The van der Waals surface area contributed by atoms with Gasteiger partial charge in [0.2, 0.25) is 5.91 Å². The van der Waals surface area contributed by atoms with Gasteiger partial charge in [0.05, 0.1) is 13.7 Å². The number of ether oxygens (including phenoxy) is 1. The molecule has 0 unspecified atom stereocenters. The van der Waals surface area contributed by atoms with Crippen molar-refractivity contribution in [2.45, 2.75) is 26.1 Å². The summed E-state index contributed by atoms with van der Waals surface area (Å²) in [6.45, 7) is 2.71. The van der Waals surface area contributed by atoms with E-state index in [-0.39, 0.29) is 11.7 Å². The first-order valence-electron chi connectivity index (χ1n) is 8.68. The monoisotopic (exact) mass is 366 g/mol. The summed E-state index contributed by atoms with van der Waals surface area (Å²) < 4.78 is 20.2. The molecule has 0 saturated carbocycles. The van der Waals surface area contributed by atoms with Crippen molar-refractivity contribution in [2.24, 2.45) is 0 Å². The van der Waals surface area contributed by atoms with Gasteiger partial charge >= 0.3 is 0 Å². The fourth-order valence-corrected chi connectivity index (χ4v) is 3.34. The number of hydrogen-bond donors (Lipinski definition) is 0.